The lowest BCUT2D eigenvalue weighted by Gasteiger charge is -2.26. The average molecular weight is 287 g/mol. The quantitative estimate of drug-likeness (QED) is 0.578. The lowest BCUT2D eigenvalue weighted by molar-refractivity contribution is 0.171. The zero-order valence-electron chi connectivity index (χ0n) is 11.5. The number of hydrogen-bond acceptors (Lipinski definition) is 5. The predicted molar refractivity (Wildman–Crippen MR) is 75.2 cm³/mol. The molecule has 19 heavy (non-hydrogen) atoms. The van der Waals surface area contributed by atoms with Crippen molar-refractivity contribution in [3.63, 3.8) is 0 Å². The zero-order chi connectivity index (χ0) is 14.5. The minimum absolute atomic E-state index is 0.161. The van der Waals surface area contributed by atoms with E-state index in [0.717, 1.165) is 0 Å². The summed E-state index contributed by atoms with van der Waals surface area (Å²) in [5.41, 5.74) is 2.79. The van der Waals surface area contributed by atoms with Gasteiger partial charge in [0.1, 0.15) is 4.90 Å². The summed E-state index contributed by atoms with van der Waals surface area (Å²) in [4.78, 5) is 0.169. The Balaban J connectivity index is 3.19. The molecule has 1 rings (SSSR count). The Morgan fingerprint density at radius 1 is 1.37 bits per heavy atom. The highest BCUT2D eigenvalue weighted by atomic mass is 32.2. The number of nitrogens with one attached hydrogen (secondary N) is 1. The van der Waals surface area contributed by atoms with E-state index in [9.17, 15) is 8.42 Å². The first-order chi connectivity index (χ1) is 8.95. The lowest BCUT2D eigenvalue weighted by atomic mass is 10.3. The van der Waals surface area contributed by atoms with Gasteiger partial charge in [-0.05, 0) is 26.0 Å². The van der Waals surface area contributed by atoms with Crippen LogP contribution in [0.4, 0.5) is 5.69 Å². The van der Waals surface area contributed by atoms with Crippen LogP contribution in [0.1, 0.15) is 13.8 Å². The van der Waals surface area contributed by atoms with Crippen molar-refractivity contribution in [2.45, 2.75) is 24.8 Å². The third-order valence-corrected chi connectivity index (χ3v) is 4.85. The molecule has 0 saturated carbocycles. The first-order valence-corrected chi connectivity index (χ1v) is 7.45. The molecule has 3 N–H and O–H groups in total. The zero-order valence-corrected chi connectivity index (χ0v) is 12.3. The highest BCUT2D eigenvalue weighted by Crippen LogP contribution is 2.24. The number of nitrogens with two attached hydrogens (primary N) is 1. The highest BCUT2D eigenvalue weighted by molar-refractivity contribution is 7.89. The largest absolute Gasteiger partial charge is 0.383 e. The number of methoxy groups -OCH3 is 1. The fourth-order valence-electron chi connectivity index (χ4n) is 1.77. The molecule has 0 saturated heterocycles. The Kier molecular flexibility index (Phi) is 5.74. The molecule has 0 aromatic heterocycles. The van der Waals surface area contributed by atoms with E-state index in [4.69, 9.17) is 10.6 Å². The monoisotopic (exact) mass is 287 g/mol. The minimum Gasteiger partial charge on any atom is -0.383 e. The number of anilines is 1. The summed E-state index contributed by atoms with van der Waals surface area (Å²) in [5.74, 6) is 5.37. The topological polar surface area (TPSA) is 84.7 Å². The summed E-state index contributed by atoms with van der Waals surface area (Å²) in [6, 6.07) is 6.39. The number of benzene rings is 1. The molecule has 0 aliphatic heterocycles. The minimum atomic E-state index is -3.60. The third kappa shape index (κ3) is 3.66. The van der Waals surface area contributed by atoms with Crippen LogP contribution in [0, 0.1) is 0 Å². The summed E-state index contributed by atoms with van der Waals surface area (Å²) in [7, 11) is -2.06. The SMILES string of the molecule is COCCN(C(C)C)S(=O)(=O)c1ccccc1NN. The Labute approximate surface area is 114 Å². The summed E-state index contributed by atoms with van der Waals surface area (Å²) in [6.45, 7) is 4.29. The number of rotatable bonds is 7. The molecule has 0 aliphatic carbocycles. The van der Waals surface area contributed by atoms with Gasteiger partial charge in [-0.3, -0.25) is 5.84 Å². The number of sulfonamides is 1. The van der Waals surface area contributed by atoms with Crippen LogP contribution in [0.2, 0.25) is 0 Å². The molecular weight excluding hydrogens is 266 g/mol. The summed E-state index contributed by atoms with van der Waals surface area (Å²) in [5, 5.41) is 0. The molecular formula is C12H21N3O3S. The second-order valence-corrected chi connectivity index (χ2v) is 6.20. The van der Waals surface area contributed by atoms with Crippen LogP contribution >= 0.6 is 0 Å². The Morgan fingerprint density at radius 2 is 2.00 bits per heavy atom. The number of hydrazine groups is 1. The van der Waals surface area contributed by atoms with Crippen LogP contribution < -0.4 is 11.3 Å². The van der Waals surface area contributed by atoms with E-state index >= 15 is 0 Å². The van der Waals surface area contributed by atoms with E-state index in [1.165, 1.54) is 10.4 Å². The van der Waals surface area contributed by atoms with E-state index < -0.39 is 10.0 Å². The highest BCUT2D eigenvalue weighted by Gasteiger charge is 2.28. The van der Waals surface area contributed by atoms with Crippen LogP contribution in [0.25, 0.3) is 0 Å². The summed E-state index contributed by atoms with van der Waals surface area (Å²) >= 11 is 0. The Hall–Kier alpha value is -1.15. The van der Waals surface area contributed by atoms with Crippen molar-refractivity contribution in [1.29, 1.82) is 0 Å². The smallest absolute Gasteiger partial charge is 0.245 e. The van der Waals surface area contributed by atoms with Gasteiger partial charge in [0.25, 0.3) is 0 Å². The van der Waals surface area contributed by atoms with Gasteiger partial charge in [0.05, 0.1) is 12.3 Å². The first kappa shape index (κ1) is 15.9. The third-order valence-electron chi connectivity index (χ3n) is 2.72. The Morgan fingerprint density at radius 3 is 2.53 bits per heavy atom. The molecule has 0 radical (unpaired) electrons. The van der Waals surface area contributed by atoms with Gasteiger partial charge >= 0.3 is 0 Å². The first-order valence-electron chi connectivity index (χ1n) is 6.01. The van der Waals surface area contributed by atoms with Gasteiger partial charge in [0, 0.05) is 19.7 Å². The lowest BCUT2D eigenvalue weighted by Crippen LogP contribution is -2.39. The van der Waals surface area contributed by atoms with Gasteiger partial charge in [-0.2, -0.15) is 4.31 Å². The van der Waals surface area contributed by atoms with Crippen molar-refractivity contribution in [2.24, 2.45) is 5.84 Å². The van der Waals surface area contributed by atoms with Crippen molar-refractivity contribution >= 4 is 15.7 Å². The van der Waals surface area contributed by atoms with Crippen molar-refractivity contribution in [3.8, 4) is 0 Å². The van der Waals surface area contributed by atoms with E-state index in [0.29, 0.717) is 18.8 Å². The molecule has 0 amide bonds. The molecule has 0 atom stereocenters. The number of nitrogens with zero attached hydrogens (tertiary/aromatic N) is 1. The second kappa shape index (κ2) is 6.85. The van der Waals surface area contributed by atoms with Gasteiger partial charge in [-0.15, -0.1) is 0 Å². The van der Waals surface area contributed by atoms with Crippen LogP contribution in [0.15, 0.2) is 29.2 Å². The number of nitrogen functional groups attached to an aromatic ring is 1. The molecule has 7 heteroatoms. The molecule has 0 heterocycles. The maximum atomic E-state index is 12.6. The molecule has 1 aromatic rings. The van der Waals surface area contributed by atoms with Crippen molar-refractivity contribution in [1.82, 2.24) is 4.31 Å². The molecule has 1 aromatic carbocycles. The van der Waals surface area contributed by atoms with Crippen molar-refractivity contribution < 1.29 is 13.2 Å². The van der Waals surface area contributed by atoms with Crippen molar-refractivity contribution in [2.75, 3.05) is 25.7 Å². The van der Waals surface area contributed by atoms with Crippen LogP contribution in [-0.4, -0.2) is 39.0 Å². The average Bonchev–Trinajstić information content (AvgIpc) is 2.38. The summed E-state index contributed by atoms with van der Waals surface area (Å²) < 4.78 is 31.6. The molecule has 0 spiro atoms. The van der Waals surface area contributed by atoms with Gasteiger partial charge in [-0.25, -0.2) is 8.42 Å². The predicted octanol–water partition coefficient (Wildman–Crippen LogP) is 1.02. The number of para-hydroxylation sites is 1. The van der Waals surface area contributed by atoms with E-state index in [2.05, 4.69) is 5.43 Å². The van der Waals surface area contributed by atoms with Crippen LogP contribution in [0.3, 0.4) is 0 Å². The van der Waals surface area contributed by atoms with E-state index in [1.54, 1.807) is 25.3 Å². The van der Waals surface area contributed by atoms with Crippen LogP contribution in [0.5, 0.6) is 0 Å². The number of ether oxygens (including phenoxy) is 1. The molecule has 0 aliphatic rings. The molecule has 0 fully saturated rings. The van der Waals surface area contributed by atoms with Gasteiger partial charge in [-0.1, -0.05) is 12.1 Å². The van der Waals surface area contributed by atoms with Gasteiger partial charge < -0.3 is 10.2 Å². The van der Waals surface area contributed by atoms with Crippen molar-refractivity contribution in [3.05, 3.63) is 24.3 Å². The number of hydrogen-bond donors (Lipinski definition) is 2. The summed E-state index contributed by atoms with van der Waals surface area (Å²) in [6.07, 6.45) is 0. The fraction of sp³-hybridized carbons (Fsp3) is 0.500. The van der Waals surface area contributed by atoms with Crippen LogP contribution in [-0.2, 0) is 14.8 Å². The normalized spacial score (nSPS) is 12.1. The molecule has 0 unspecified atom stereocenters. The maximum Gasteiger partial charge on any atom is 0.245 e. The molecule has 6 nitrogen and oxygen atoms in total. The fourth-order valence-corrected chi connectivity index (χ4v) is 3.55. The molecule has 108 valence electrons. The van der Waals surface area contributed by atoms with E-state index in [-0.39, 0.29) is 10.9 Å². The van der Waals surface area contributed by atoms with Gasteiger partial charge in [0.15, 0.2) is 0 Å². The Bertz CT molecular complexity index is 503. The van der Waals surface area contributed by atoms with E-state index in [1.807, 2.05) is 13.8 Å². The maximum absolute atomic E-state index is 12.6. The second-order valence-electron chi connectivity index (χ2n) is 4.34. The van der Waals surface area contributed by atoms with Gasteiger partial charge in [0.2, 0.25) is 10.0 Å². The standard InChI is InChI=1S/C12H21N3O3S/c1-10(2)15(8-9-18-3)19(16,17)12-7-5-4-6-11(12)14-13/h4-7,10,14H,8-9,13H2,1-3H3. The molecule has 0 bridgehead atoms.